The minimum atomic E-state index is 0.530. The van der Waals surface area contributed by atoms with E-state index in [1.807, 2.05) is 12.4 Å². The third-order valence-corrected chi connectivity index (χ3v) is 4.52. The van der Waals surface area contributed by atoms with Crippen LogP contribution in [0.25, 0.3) is 0 Å². The van der Waals surface area contributed by atoms with Crippen LogP contribution < -0.4 is 10.6 Å². The van der Waals surface area contributed by atoms with Crippen molar-refractivity contribution < 1.29 is 0 Å². The minimum Gasteiger partial charge on any atom is -0.368 e. The maximum atomic E-state index is 6.09. The molecule has 0 aliphatic carbocycles. The normalized spacial score (nSPS) is 10.8. The van der Waals surface area contributed by atoms with Crippen molar-refractivity contribution in [3.8, 4) is 0 Å². The van der Waals surface area contributed by atoms with Gasteiger partial charge in [0.05, 0.1) is 10.0 Å². The highest BCUT2D eigenvalue weighted by Gasteiger charge is 2.03. The molecule has 0 spiro atoms. The van der Waals surface area contributed by atoms with E-state index in [-0.39, 0.29) is 0 Å². The monoisotopic (exact) mass is 389 g/mol. The third kappa shape index (κ3) is 5.46. The topological polar surface area (TPSA) is 54.8 Å². The molecule has 0 saturated carbocycles. The lowest BCUT2D eigenvalue weighted by atomic mass is 10.2. The van der Waals surface area contributed by atoms with E-state index in [2.05, 4.69) is 55.6 Å². The van der Waals surface area contributed by atoms with Gasteiger partial charge in [0.15, 0.2) is 0 Å². The molecule has 3 rings (SSSR count). The SMILES string of the molecule is Clc1cnc(NCCNCc2cccn2CCc2ccncc2)c(Cl)c1. The van der Waals surface area contributed by atoms with E-state index in [4.69, 9.17) is 23.2 Å². The lowest BCUT2D eigenvalue weighted by Gasteiger charge is -2.11. The number of nitrogens with one attached hydrogen (secondary N) is 2. The second-order valence-corrected chi connectivity index (χ2v) is 6.73. The molecule has 0 aromatic carbocycles. The van der Waals surface area contributed by atoms with Gasteiger partial charge in [-0.3, -0.25) is 4.98 Å². The first-order valence-electron chi connectivity index (χ1n) is 8.51. The van der Waals surface area contributed by atoms with Crippen LogP contribution in [0, 0.1) is 0 Å². The molecule has 0 saturated heterocycles. The summed E-state index contributed by atoms with van der Waals surface area (Å²) in [6, 6.07) is 10.0. The Labute approximate surface area is 163 Å². The van der Waals surface area contributed by atoms with E-state index in [1.54, 1.807) is 12.3 Å². The smallest absolute Gasteiger partial charge is 0.144 e. The van der Waals surface area contributed by atoms with Gasteiger partial charge in [-0.1, -0.05) is 23.2 Å². The zero-order chi connectivity index (χ0) is 18.2. The number of hydrogen-bond donors (Lipinski definition) is 2. The molecule has 0 aliphatic heterocycles. The molecule has 5 nitrogen and oxygen atoms in total. The number of nitrogens with zero attached hydrogens (tertiary/aromatic N) is 3. The van der Waals surface area contributed by atoms with Gasteiger partial charge in [-0.2, -0.15) is 0 Å². The number of aromatic nitrogens is 3. The van der Waals surface area contributed by atoms with Gasteiger partial charge >= 0.3 is 0 Å². The molecular formula is C19H21Cl2N5. The molecule has 3 heterocycles. The summed E-state index contributed by atoms with van der Waals surface area (Å²) in [6.07, 6.45) is 8.36. The molecule has 26 heavy (non-hydrogen) atoms. The number of pyridine rings is 2. The first kappa shape index (κ1) is 18.7. The van der Waals surface area contributed by atoms with Crippen LogP contribution in [-0.2, 0) is 19.5 Å². The van der Waals surface area contributed by atoms with E-state index >= 15 is 0 Å². The Morgan fingerprint density at radius 3 is 2.73 bits per heavy atom. The van der Waals surface area contributed by atoms with Gasteiger partial charge in [0.25, 0.3) is 0 Å². The Balaban J connectivity index is 1.40. The molecule has 0 aliphatic rings. The summed E-state index contributed by atoms with van der Waals surface area (Å²) in [7, 11) is 0. The van der Waals surface area contributed by atoms with Gasteiger partial charge < -0.3 is 15.2 Å². The van der Waals surface area contributed by atoms with Crippen LogP contribution in [0.3, 0.4) is 0 Å². The zero-order valence-electron chi connectivity index (χ0n) is 14.3. The van der Waals surface area contributed by atoms with Crippen molar-refractivity contribution in [3.63, 3.8) is 0 Å². The van der Waals surface area contributed by atoms with Crippen LogP contribution in [0.15, 0.2) is 55.1 Å². The van der Waals surface area contributed by atoms with Crippen LogP contribution in [0.1, 0.15) is 11.3 Å². The lowest BCUT2D eigenvalue weighted by molar-refractivity contribution is 0.615. The predicted octanol–water partition coefficient (Wildman–Crippen LogP) is 4.03. The molecule has 0 bridgehead atoms. The fourth-order valence-electron chi connectivity index (χ4n) is 2.66. The Hall–Kier alpha value is -2.08. The molecule has 0 unspecified atom stereocenters. The number of rotatable bonds is 9. The minimum absolute atomic E-state index is 0.530. The highest BCUT2D eigenvalue weighted by molar-refractivity contribution is 6.35. The van der Waals surface area contributed by atoms with Gasteiger partial charge in [-0.25, -0.2) is 4.98 Å². The summed E-state index contributed by atoms with van der Waals surface area (Å²) in [5, 5.41) is 7.71. The van der Waals surface area contributed by atoms with Crippen LogP contribution in [0.2, 0.25) is 10.0 Å². The third-order valence-electron chi connectivity index (χ3n) is 4.02. The van der Waals surface area contributed by atoms with E-state index in [0.29, 0.717) is 15.9 Å². The summed E-state index contributed by atoms with van der Waals surface area (Å²) in [6.45, 7) is 3.30. The Bertz CT molecular complexity index is 820. The van der Waals surface area contributed by atoms with Gasteiger partial charge in [-0.15, -0.1) is 0 Å². The van der Waals surface area contributed by atoms with Crippen molar-refractivity contribution in [2.45, 2.75) is 19.5 Å². The molecule has 7 heteroatoms. The van der Waals surface area contributed by atoms with Crippen molar-refractivity contribution in [1.29, 1.82) is 0 Å². The number of halogens is 2. The summed E-state index contributed by atoms with van der Waals surface area (Å²) in [5.74, 6) is 0.651. The molecule has 0 amide bonds. The standard InChI is InChI=1S/C19H21Cl2N5/c20-16-12-18(21)19(25-13-16)24-9-8-23-14-17-2-1-10-26(17)11-5-15-3-6-22-7-4-15/h1-4,6-7,10,12-13,23H,5,8-9,11,14H2,(H,24,25). The van der Waals surface area contributed by atoms with Crippen LogP contribution >= 0.6 is 23.2 Å². The van der Waals surface area contributed by atoms with Gasteiger partial charge in [0, 0.05) is 56.7 Å². The maximum absolute atomic E-state index is 6.09. The van der Waals surface area contributed by atoms with E-state index in [1.165, 1.54) is 11.3 Å². The highest BCUT2D eigenvalue weighted by atomic mass is 35.5. The summed E-state index contributed by atoms with van der Waals surface area (Å²) in [5.41, 5.74) is 2.56. The number of aryl methyl sites for hydroxylation is 2. The maximum Gasteiger partial charge on any atom is 0.144 e. The Morgan fingerprint density at radius 2 is 1.92 bits per heavy atom. The summed E-state index contributed by atoms with van der Waals surface area (Å²) >= 11 is 11.9. The average Bonchev–Trinajstić information content (AvgIpc) is 3.09. The van der Waals surface area contributed by atoms with Crippen molar-refractivity contribution in [2.75, 3.05) is 18.4 Å². The number of anilines is 1. The Kier molecular flexibility index (Phi) is 6.89. The zero-order valence-corrected chi connectivity index (χ0v) is 15.8. The van der Waals surface area contributed by atoms with Crippen molar-refractivity contribution >= 4 is 29.0 Å². The van der Waals surface area contributed by atoms with E-state index < -0.39 is 0 Å². The predicted molar refractivity (Wildman–Crippen MR) is 107 cm³/mol. The fourth-order valence-corrected chi connectivity index (χ4v) is 3.10. The molecule has 0 fully saturated rings. The Morgan fingerprint density at radius 1 is 1.08 bits per heavy atom. The average molecular weight is 390 g/mol. The first-order valence-corrected chi connectivity index (χ1v) is 9.26. The van der Waals surface area contributed by atoms with Gasteiger partial charge in [0.1, 0.15) is 5.82 Å². The molecule has 0 radical (unpaired) electrons. The molecular weight excluding hydrogens is 369 g/mol. The van der Waals surface area contributed by atoms with Crippen LogP contribution in [0.4, 0.5) is 5.82 Å². The highest BCUT2D eigenvalue weighted by Crippen LogP contribution is 2.22. The van der Waals surface area contributed by atoms with Crippen LogP contribution in [0.5, 0.6) is 0 Å². The van der Waals surface area contributed by atoms with E-state index in [9.17, 15) is 0 Å². The van der Waals surface area contributed by atoms with E-state index in [0.717, 1.165) is 32.6 Å². The largest absolute Gasteiger partial charge is 0.368 e. The molecule has 3 aromatic heterocycles. The van der Waals surface area contributed by atoms with Crippen LogP contribution in [-0.4, -0.2) is 27.6 Å². The van der Waals surface area contributed by atoms with Crippen molar-refractivity contribution in [2.24, 2.45) is 0 Å². The van der Waals surface area contributed by atoms with Crippen molar-refractivity contribution in [1.82, 2.24) is 19.9 Å². The second-order valence-electron chi connectivity index (χ2n) is 5.89. The quantitative estimate of drug-likeness (QED) is 0.542. The molecule has 2 N–H and O–H groups in total. The second kappa shape index (κ2) is 9.57. The molecule has 136 valence electrons. The fraction of sp³-hybridized carbons (Fsp3) is 0.263. The molecule has 0 atom stereocenters. The van der Waals surface area contributed by atoms with Gasteiger partial charge in [0.2, 0.25) is 0 Å². The number of hydrogen-bond acceptors (Lipinski definition) is 4. The van der Waals surface area contributed by atoms with Gasteiger partial charge in [-0.05, 0) is 42.3 Å². The lowest BCUT2D eigenvalue weighted by Crippen LogP contribution is -2.23. The van der Waals surface area contributed by atoms with Crippen molar-refractivity contribution in [3.05, 3.63) is 76.4 Å². The summed E-state index contributed by atoms with van der Waals surface area (Å²) < 4.78 is 2.28. The molecule has 3 aromatic rings. The first-order chi connectivity index (χ1) is 12.7. The summed E-state index contributed by atoms with van der Waals surface area (Å²) in [4.78, 5) is 8.24.